The van der Waals surface area contributed by atoms with Crippen LogP contribution in [0.1, 0.15) is 35.7 Å². The molecule has 180 valence electrons. The number of benzene rings is 2. The van der Waals surface area contributed by atoms with Gasteiger partial charge < -0.3 is 14.6 Å². The summed E-state index contributed by atoms with van der Waals surface area (Å²) in [5.41, 5.74) is 2.01. The molecule has 5 rings (SSSR count). The van der Waals surface area contributed by atoms with Gasteiger partial charge in [-0.05, 0) is 61.6 Å². The predicted molar refractivity (Wildman–Crippen MR) is 128 cm³/mol. The van der Waals surface area contributed by atoms with Crippen LogP contribution in [0, 0.1) is 24.5 Å². The molecule has 0 spiro atoms. The van der Waals surface area contributed by atoms with Crippen LogP contribution in [0.15, 0.2) is 53.2 Å². The molecule has 1 saturated heterocycles. The summed E-state index contributed by atoms with van der Waals surface area (Å²) < 4.78 is 33.6. The van der Waals surface area contributed by atoms with Gasteiger partial charge in [-0.15, -0.1) is 0 Å². The van der Waals surface area contributed by atoms with Crippen molar-refractivity contribution in [1.29, 1.82) is 0 Å². The molecule has 1 aliphatic heterocycles. The lowest BCUT2D eigenvalue weighted by molar-refractivity contribution is 0.0540. The number of piperidine rings is 1. The van der Waals surface area contributed by atoms with Gasteiger partial charge in [0.1, 0.15) is 17.2 Å². The zero-order valence-electron chi connectivity index (χ0n) is 19.5. The van der Waals surface area contributed by atoms with Crippen molar-refractivity contribution >= 4 is 23.0 Å². The summed E-state index contributed by atoms with van der Waals surface area (Å²) in [7, 11) is 0. The molecule has 2 unspecified atom stereocenters. The fourth-order valence-corrected chi connectivity index (χ4v) is 4.71. The molecular formula is C26H25F2N5O2. The SMILES string of the molecule is Cc1c(F)ccc(C(=O)N2CCCC(C)C2CNc2nc3ccc(F)cc3o2)c1-c1ncccn1. The maximum atomic E-state index is 14.5. The molecule has 7 nitrogen and oxygen atoms in total. The summed E-state index contributed by atoms with van der Waals surface area (Å²) in [5.74, 6) is -0.493. The molecule has 1 amide bonds. The van der Waals surface area contributed by atoms with E-state index in [1.54, 1.807) is 31.5 Å². The zero-order chi connectivity index (χ0) is 24.5. The van der Waals surface area contributed by atoms with Gasteiger partial charge >= 0.3 is 0 Å². The Balaban J connectivity index is 1.44. The minimum atomic E-state index is -0.415. The standard InChI is InChI=1S/C26H25F2N5O2/c1-15-5-3-12-33(21(15)14-31-26-32-20-9-6-17(27)13-22(20)35-26)25(34)18-7-8-19(28)16(2)23(18)24-29-10-4-11-30-24/h4,6-11,13,15,21H,3,5,12,14H2,1-2H3,(H,31,32). The third-order valence-electron chi connectivity index (χ3n) is 6.61. The highest BCUT2D eigenvalue weighted by Gasteiger charge is 2.34. The average Bonchev–Trinajstić information content (AvgIpc) is 3.26. The summed E-state index contributed by atoms with van der Waals surface area (Å²) >= 11 is 0. The van der Waals surface area contributed by atoms with E-state index in [2.05, 4.69) is 27.2 Å². The molecular weight excluding hydrogens is 452 g/mol. The monoisotopic (exact) mass is 477 g/mol. The number of rotatable bonds is 5. The smallest absolute Gasteiger partial charge is 0.295 e. The van der Waals surface area contributed by atoms with Crippen molar-refractivity contribution in [2.24, 2.45) is 5.92 Å². The largest absolute Gasteiger partial charge is 0.423 e. The van der Waals surface area contributed by atoms with Crippen molar-refractivity contribution in [3.05, 3.63) is 71.6 Å². The fraction of sp³-hybridized carbons (Fsp3) is 0.308. The number of hydrogen-bond acceptors (Lipinski definition) is 6. The highest BCUT2D eigenvalue weighted by atomic mass is 19.1. The van der Waals surface area contributed by atoms with Gasteiger partial charge in [0.25, 0.3) is 11.9 Å². The van der Waals surface area contributed by atoms with Crippen molar-refractivity contribution < 1.29 is 18.0 Å². The lowest BCUT2D eigenvalue weighted by atomic mass is 9.89. The third kappa shape index (κ3) is 4.45. The number of nitrogens with one attached hydrogen (secondary N) is 1. The summed E-state index contributed by atoms with van der Waals surface area (Å²) in [4.78, 5) is 28.6. The Morgan fingerprint density at radius 1 is 1.20 bits per heavy atom. The maximum absolute atomic E-state index is 14.5. The molecule has 1 fully saturated rings. The number of carbonyl (C=O) groups excluding carboxylic acids is 1. The van der Waals surface area contributed by atoms with Gasteiger partial charge in [-0.1, -0.05) is 6.92 Å². The number of hydrogen-bond donors (Lipinski definition) is 1. The molecule has 2 atom stereocenters. The van der Waals surface area contributed by atoms with Crippen LogP contribution < -0.4 is 5.32 Å². The van der Waals surface area contributed by atoms with Crippen LogP contribution in [0.3, 0.4) is 0 Å². The minimum Gasteiger partial charge on any atom is -0.423 e. The Hall–Kier alpha value is -3.88. The zero-order valence-corrected chi connectivity index (χ0v) is 19.5. The molecule has 1 aliphatic rings. The second-order valence-electron chi connectivity index (χ2n) is 8.86. The number of anilines is 1. The molecule has 0 bridgehead atoms. The number of carbonyl (C=O) groups is 1. The number of aromatic nitrogens is 3. The Labute approximate surface area is 201 Å². The normalized spacial score (nSPS) is 18.1. The highest BCUT2D eigenvalue weighted by molar-refractivity contribution is 6.01. The van der Waals surface area contributed by atoms with E-state index >= 15 is 0 Å². The quantitative estimate of drug-likeness (QED) is 0.424. The van der Waals surface area contributed by atoms with E-state index < -0.39 is 11.6 Å². The van der Waals surface area contributed by atoms with Crippen molar-refractivity contribution in [3.63, 3.8) is 0 Å². The first-order chi connectivity index (χ1) is 16.9. The number of oxazole rings is 1. The molecule has 9 heteroatoms. The second kappa shape index (κ2) is 9.40. The van der Waals surface area contributed by atoms with Crippen molar-refractivity contribution in [3.8, 4) is 11.4 Å². The van der Waals surface area contributed by atoms with Crippen LogP contribution in [-0.2, 0) is 0 Å². The van der Waals surface area contributed by atoms with Gasteiger partial charge in [-0.3, -0.25) is 4.79 Å². The highest BCUT2D eigenvalue weighted by Crippen LogP contribution is 2.31. The van der Waals surface area contributed by atoms with E-state index in [4.69, 9.17) is 4.42 Å². The fourth-order valence-electron chi connectivity index (χ4n) is 4.71. The molecule has 1 N–H and O–H groups in total. The van der Waals surface area contributed by atoms with Crippen LogP contribution in [0.25, 0.3) is 22.5 Å². The molecule has 2 aromatic heterocycles. The molecule has 4 aromatic rings. The number of fused-ring (bicyclic) bond motifs is 1. The van der Waals surface area contributed by atoms with Crippen molar-refractivity contribution in [1.82, 2.24) is 19.9 Å². The van der Waals surface area contributed by atoms with Crippen LogP contribution >= 0.6 is 0 Å². The molecule has 0 saturated carbocycles. The lowest BCUT2D eigenvalue weighted by Crippen LogP contribution is -2.51. The summed E-state index contributed by atoms with van der Waals surface area (Å²) in [6, 6.07) is 8.79. The van der Waals surface area contributed by atoms with E-state index in [0.29, 0.717) is 46.7 Å². The van der Waals surface area contributed by atoms with Gasteiger partial charge in [0.15, 0.2) is 11.4 Å². The van der Waals surface area contributed by atoms with E-state index in [9.17, 15) is 13.6 Å². The topological polar surface area (TPSA) is 84.2 Å². The number of amides is 1. The van der Waals surface area contributed by atoms with Gasteiger partial charge in [0.2, 0.25) is 0 Å². The molecule has 0 aliphatic carbocycles. The lowest BCUT2D eigenvalue weighted by Gasteiger charge is -2.40. The van der Waals surface area contributed by atoms with Gasteiger partial charge in [0, 0.05) is 37.1 Å². The average molecular weight is 478 g/mol. The molecule has 35 heavy (non-hydrogen) atoms. The Kier molecular flexibility index (Phi) is 6.15. The van der Waals surface area contributed by atoms with Gasteiger partial charge in [-0.2, -0.15) is 4.98 Å². The predicted octanol–water partition coefficient (Wildman–Crippen LogP) is 5.22. The number of nitrogens with zero attached hydrogens (tertiary/aromatic N) is 4. The number of likely N-dealkylation sites (tertiary alicyclic amines) is 1. The first-order valence-electron chi connectivity index (χ1n) is 11.6. The maximum Gasteiger partial charge on any atom is 0.295 e. The van der Waals surface area contributed by atoms with Crippen LogP contribution in [0.2, 0.25) is 0 Å². The molecule has 0 radical (unpaired) electrons. The van der Waals surface area contributed by atoms with Crippen LogP contribution in [-0.4, -0.2) is 44.9 Å². The van der Waals surface area contributed by atoms with Gasteiger partial charge in [0.05, 0.1) is 11.6 Å². The molecule has 3 heterocycles. The Bertz CT molecular complexity index is 1380. The molecule has 2 aromatic carbocycles. The van der Waals surface area contributed by atoms with Crippen LogP contribution in [0.5, 0.6) is 0 Å². The van der Waals surface area contributed by atoms with E-state index in [1.807, 2.05) is 4.90 Å². The van der Waals surface area contributed by atoms with Crippen LogP contribution in [0.4, 0.5) is 14.8 Å². The first kappa shape index (κ1) is 22.9. The van der Waals surface area contributed by atoms with E-state index in [0.717, 1.165) is 12.8 Å². The minimum absolute atomic E-state index is 0.155. The van der Waals surface area contributed by atoms with Gasteiger partial charge in [-0.25, -0.2) is 18.7 Å². The van der Waals surface area contributed by atoms with Crippen molar-refractivity contribution in [2.75, 3.05) is 18.4 Å². The third-order valence-corrected chi connectivity index (χ3v) is 6.61. The van der Waals surface area contributed by atoms with Crippen molar-refractivity contribution in [2.45, 2.75) is 32.7 Å². The first-order valence-corrected chi connectivity index (χ1v) is 11.6. The summed E-state index contributed by atoms with van der Waals surface area (Å²) in [5, 5.41) is 3.18. The van der Waals surface area contributed by atoms with E-state index in [1.165, 1.54) is 24.3 Å². The summed E-state index contributed by atoms with van der Waals surface area (Å²) in [6.07, 6.45) is 4.97. The Morgan fingerprint density at radius 2 is 2.00 bits per heavy atom. The number of halogens is 2. The Morgan fingerprint density at radius 3 is 2.80 bits per heavy atom. The summed E-state index contributed by atoms with van der Waals surface area (Å²) in [6.45, 7) is 4.70. The second-order valence-corrected chi connectivity index (χ2v) is 8.86. The van der Waals surface area contributed by atoms with E-state index in [-0.39, 0.29) is 23.9 Å².